The Bertz CT molecular complexity index is 747. The van der Waals surface area contributed by atoms with Gasteiger partial charge in [-0.1, -0.05) is 23.4 Å². The van der Waals surface area contributed by atoms with Crippen molar-refractivity contribution >= 4 is 11.0 Å². The molecule has 1 unspecified atom stereocenters. The Labute approximate surface area is 116 Å². The van der Waals surface area contributed by atoms with Crippen molar-refractivity contribution in [1.82, 2.24) is 14.5 Å². The van der Waals surface area contributed by atoms with Crippen molar-refractivity contribution in [2.45, 2.75) is 13.0 Å². The maximum Gasteiger partial charge on any atom is 0.141 e. The molecule has 1 atom stereocenters. The van der Waals surface area contributed by atoms with Crippen LogP contribution in [0.2, 0.25) is 0 Å². The first-order valence-electron chi connectivity index (χ1n) is 6.29. The molecule has 2 heterocycles. The van der Waals surface area contributed by atoms with Gasteiger partial charge in [0.05, 0.1) is 11.7 Å². The van der Waals surface area contributed by atoms with E-state index >= 15 is 0 Å². The van der Waals surface area contributed by atoms with Gasteiger partial charge in [-0.25, -0.2) is 4.98 Å². The van der Waals surface area contributed by atoms with Crippen molar-refractivity contribution in [3.05, 3.63) is 54.6 Å². The summed E-state index contributed by atoms with van der Waals surface area (Å²) in [5, 5.41) is 7.35. The molecule has 100 valence electrons. The van der Waals surface area contributed by atoms with Crippen molar-refractivity contribution in [1.29, 1.82) is 0 Å². The van der Waals surface area contributed by atoms with E-state index in [1.54, 1.807) is 12.4 Å². The zero-order chi connectivity index (χ0) is 13.9. The lowest BCUT2D eigenvalue weighted by atomic mass is 10.2. The fraction of sp³-hybridized carbons (Fsp3) is 0.143. The fourth-order valence-corrected chi connectivity index (χ4v) is 2.23. The van der Waals surface area contributed by atoms with E-state index < -0.39 is 0 Å². The van der Waals surface area contributed by atoms with Crippen LogP contribution in [0.5, 0.6) is 0 Å². The van der Waals surface area contributed by atoms with Gasteiger partial charge in [0.1, 0.15) is 17.4 Å². The molecule has 0 aliphatic heterocycles. The van der Waals surface area contributed by atoms with Crippen LogP contribution in [0.3, 0.4) is 0 Å². The molecule has 20 heavy (non-hydrogen) atoms. The van der Waals surface area contributed by atoms with Crippen LogP contribution in [-0.4, -0.2) is 14.5 Å². The van der Waals surface area contributed by atoms with Crippen LogP contribution in [0.1, 0.15) is 18.8 Å². The Balaban J connectivity index is 2.29. The summed E-state index contributed by atoms with van der Waals surface area (Å²) < 4.78 is 2.05. The SMILES string of the molecule is CC(N=NN)c1nc2cnccc2n1-c1ccccc1. The Morgan fingerprint density at radius 2 is 2.00 bits per heavy atom. The molecule has 2 aromatic heterocycles. The Morgan fingerprint density at radius 1 is 1.20 bits per heavy atom. The van der Waals surface area contributed by atoms with Crippen molar-refractivity contribution in [2.24, 2.45) is 16.2 Å². The molecule has 0 saturated heterocycles. The van der Waals surface area contributed by atoms with Gasteiger partial charge < -0.3 is 5.84 Å². The minimum atomic E-state index is -0.229. The second kappa shape index (κ2) is 5.08. The van der Waals surface area contributed by atoms with Crippen LogP contribution in [0.25, 0.3) is 16.7 Å². The lowest BCUT2D eigenvalue weighted by Gasteiger charge is -2.10. The van der Waals surface area contributed by atoms with E-state index in [2.05, 4.69) is 24.9 Å². The second-order valence-electron chi connectivity index (χ2n) is 4.41. The number of nitrogens with two attached hydrogens (primary N) is 1. The second-order valence-corrected chi connectivity index (χ2v) is 4.41. The first-order valence-corrected chi connectivity index (χ1v) is 6.29. The van der Waals surface area contributed by atoms with Gasteiger partial charge in [-0.3, -0.25) is 9.55 Å². The molecular formula is C14H14N6. The average Bonchev–Trinajstić information content (AvgIpc) is 2.88. The Kier molecular flexibility index (Phi) is 3.12. The number of pyridine rings is 1. The Morgan fingerprint density at radius 3 is 2.75 bits per heavy atom. The lowest BCUT2D eigenvalue weighted by Crippen LogP contribution is -2.04. The highest BCUT2D eigenvalue weighted by molar-refractivity contribution is 5.77. The summed E-state index contributed by atoms with van der Waals surface area (Å²) in [4.78, 5) is 8.71. The minimum Gasteiger partial charge on any atom is -0.305 e. The summed E-state index contributed by atoms with van der Waals surface area (Å²) in [6, 6.07) is 11.7. The number of para-hydroxylation sites is 1. The largest absolute Gasteiger partial charge is 0.305 e. The molecule has 1 aromatic carbocycles. The minimum absolute atomic E-state index is 0.229. The van der Waals surface area contributed by atoms with E-state index in [9.17, 15) is 0 Å². The molecule has 3 rings (SSSR count). The quantitative estimate of drug-likeness (QED) is 0.449. The normalized spacial score (nSPS) is 13.1. The number of hydrogen-bond donors (Lipinski definition) is 1. The van der Waals surface area contributed by atoms with Crippen LogP contribution in [-0.2, 0) is 0 Å². The van der Waals surface area contributed by atoms with E-state index in [1.807, 2.05) is 43.3 Å². The first-order chi connectivity index (χ1) is 9.81. The van der Waals surface area contributed by atoms with Crippen LogP contribution >= 0.6 is 0 Å². The molecule has 0 spiro atoms. The maximum absolute atomic E-state index is 5.16. The van der Waals surface area contributed by atoms with E-state index in [1.165, 1.54) is 0 Å². The summed E-state index contributed by atoms with van der Waals surface area (Å²) in [7, 11) is 0. The molecule has 6 nitrogen and oxygen atoms in total. The number of fused-ring (bicyclic) bond motifs is 1. The molecule has 3 aromatic rings. The Hall–Kier alpha value is -2.76. The van der Waals surface area contributed by atoms with E-state index in [0.717, 1.165) is 22.5 Å². The topological polar surface area (TPSA) is 81.4 Å². The third kappa shape index (κ3) is 2.01. The molecule has 0 aliphatic carbocycles. The molecule has 0 saturated carbocycles. The predicted molar refractivity (Wildman–Crippen MR) is 76.3 cm³/mol. The zero-order valence-corrected chi connectivity index (χ0v) is 11.0. The smallest absolute Gasteiger partial charge is 0.141 e. The lowest BCUT2D eigenvalue weighted by molar-refractivity contribution is 0.675. The van der Waals surface area contributed by atoms with Crippen molar-refractivity contribution in [3.63, 3.8) is 0 Å². The third-order valence-electron chi connectivity index (χ3n) is 3.11. The van der Waals surface area contributed by atoms with E-state index in [4.69, 9.17) is 5.84 Å². The molecule has 0 radical (unpaired) electrons. The number of nitrogens with zero attached hydrogens (tertiary/aromatic N) is 5. The molecule has 6 heteroatoms. The number of imidazole rings is 1. The van der Waals surface area contributed by atoms with E-state index in [0.29, 0.717) is 0 Å². The van der Waals surface area contributed by atoms with Gasteiger partial charge >= 0.3 is 0 Å². The highest BCUT2D eigenvalue weighted by Crippen LogP contribution is 2.26. The highest BCUT2D eigenvalue weighted by atomic mass is 15.3. The van der Waals surface area contributed by atoms with Crippen molar-refractivity contribution in [2.75, 3.05) is 0 Å². The number of rotatable bonds is 3. The standard InChI is InChI=1S/C14H14N6/c1-10(18-19-15)14-17-12-9-16-8-7-13(12)20(14)11-5-3-2-4-6-11/h2-10H,1H3,(H2,15,18). The van der Waals surface area contributed by atoms with Gasteiger partial charge in [-0.05, 0) is 25.1 Å². The molecule has 0 amide bonds. The maximum atomic E-state index is 5.16. The molecule has 0 aliphatic rings. The summed E-state index contributed by atoms with van der Waals surface area (Å²) in [5.41, 5.74) is 2.83. The summed E-state index contributed by atoms with van der Waals surface area (Å²) in [6.45, 7) is 1.91. The summed E-state index contributed by atoms with van der Waals surface area (Å²) in [5.74, 6) is 5.94. The number of hydrogen-bond acceptors (Lipinski definition) is 4. The number of benzene rings is 1. The summed E-state index contributed by atoms with van der Waals surface area (Å²) >= 11 is 0. The molecule has 0 fully saturated rings. The highest BCUT2D eigenvalue weighted by Gasteiger charge is 2.17. The van der Waals surface area contributed by atoms with Crippen molar-refractivity contribution in [3.8, 4) is 5.69 Å². The monoisotopic (exact) mass is 266 g/mol. The van der Waals surface area contributed by atoms with Crippen LogP contribution in [0.4, 0.5) is 0 Å². The van der Waals surface area contributed by atoms with Gasteiger partial charge in [-0.15, -0.1) is 0 Å². The molecular weight excluding hydrogens is 252 g/mol. The van der Waals surface area contributed by atoms with Crippen LogP contribution in [0, 0.1) is 0 Å². The molecule has 2 N–H and O–H groups in total. The van der Waals surface area contributed by atoms with Crippen LogP contribution < -0.4 is 5.84 Å². The molecule has 0 bridgehead atoms. The van der Waals surface area contributed by atoms with Crippen LogP contribution in [0.15, 0.2) is 59.1 Å². The van der Waals surface area contributed by atoms with Gasteiger partial charge in [0, 0.05) is 11.9 Å². The fourth-order valence-electron chi connectivity index (χ4n) is 2.23. The van der Waals surface area contributed by atoms with Gasteiger partial charge in [0.25, 0.3) is 0 Å². The van der Waals surface area contributed by atoms with Gasteiger partial charge in [0.2, 0.25) is 0 Å². The zero-order valence-electron chi connectivity index (χ0n) is 11.0. The van der Waals surface area contributed by atoms with Gasteiger partial charge in [0.15, 0.2) is 0 Å². The van der Waals surface area contributed by atoms with Gasteiger partial charge in [-0.2, -0.15) is 5.11 Å². The third-order valence-corrected chi connectivity index (χ3v) is 3.11. The average molecular weight is 266 g/mol. The predicted octanol–water partition coefficient (Wildman–Crippen LogP) is 2.81. The summed E-state index contributed by atoms with van der Waals surface area (Å²) in [6.07, 6.45) is 3.49. The van der Waals surface area contributed by atoms with Crippen molar-refractivity contribution < 1.29 is 0 Å². The van der Waals surface area contributed by atoms with E-state index in [-0.39, 0.29) is 6.04 Å². The number of aromatic nitrogens is 3. The first kappa shape index (κ1) is 12.3.